The van der Waals surface area contributed by atoms with E-state index in [4.69, 9.17) is 9.72 Å². The average Bonchev–Trinajstić information content (AvgIpc) is 3.29. The zero-order valence-corrected chi connectivity index (χ0v) is 18.8. The Balaban J connectivity index is 1.15. The van der Waals surface area contributed by atoms with E-state index in [0.29, 0.717) is 12.5 Å². The van der Waals surface area contributed by atoms with E-state index in [2.05, 4.69) is 40.5 Å². The maximum absolute atomic E-state index is 12.9. The molecule has 0 unspecified atom stereocenters. The van der Waals surface area contributed by atoms with E-state index in [1.165, 1.54) is 22.7 Å². The van der Waals surface area contributed by atoms with Crippen LogP contribution in [-0.2, 0) is 29.2 Å². The third-order valence-corrected chi connectivity index (χ3v) is 6.69. The second kappa shape index (κ2) is 11.3. The summed E-state index contributed by atoms with van der Waals surface area (Å²) in [5.41, 5.74) is 3.08. The fourth-order valence-corrected chi connectivity index (χ4v) is 4.84. The second-order valence-corrected chi connectivity index (χ2v) is 9.00. The molecule has 1 fully saturated rings. The van der Waals surface area contributed by atoms with Gasteiger partial charge in [-0.05, 0) is 49.2 Å². The summed E-state index contributed by atoms with van der Waals surface area (Å²) in [5.74, 6) is 0.0262. The van der Waals surface area contributed by atoms with Crippen LogP contribution < -0.4 is 5.32 Å². The molecular weight excluding hydrogens is 425 g/mol. The van der Waals surface area contributed by atoms with Crippen LogP contribution in [0.3, 0.4) is 0 Å². The van der Waals surface area contributed by atoms with E-state index in [1.54, 1.807) is 23.5 Å². The van der Waals surface area contributed by atoms with Crippen molar-refractivity contribution in [2.75, 3.05) is 19.7 Å². The maximum atomic E-state index is 12.9. The number of nitrogens with one attached hydrogen (secondary N) is 1. The summed E-state index contributed by atoms with van der Waals surface area (Å²) in [5, 5.41) is 6.06. The van der Waals surface area contributed by atoms with Crippen molar-refractivity contribution in [3.8, 4) is 0 Å². The highest BCUT2D eigenvalue weighted by atomic mass is 32.1. The van der Waals surface area contributed by atoms with Gasteiger partial charge in [0.25, 0.3) is 0 Å². The lowest BCUT2D eigenvalue weighted by atomic mass is 9.97. The first-order valence-corrected chi connectivity index (χ1v) is 11.8. The summed E-state index contributed by atoms with van der Waals surface area (Å²) < 4.78 is 18.3. The van der Waals surface area contributed by atoms with Gasteiger partial charge in [-0.2, -0.15) is 0 Å². The molecule has 1 saturated heterocycles. The second-order valence-electron chi connectivity index (χ2n) is 8.11. The van der Waals surface area contributed by atoms with Crippen molar-refractivity contribution >= 4 is 17.2 Å². The lowest BCUT2D eigenvalue weighted by Gasteiger charge is -2.31. The zero-order valence-electron chi connectivity index (χ0n) is 18.0. The van der Waals surface area contributed by atoms with Crippen LogP contribution in [0.1, 0.15) is 40.6 Å². The van der Waals surface area contributed by atoms with Crippen LogP contribution in [0, 0.1) is 5.82 Å². The van der Waals surface area contributed by atoms with Crippen molar-refractivity contribution < 1.29 is 13.9 Å². The van der Waals surface area contributed by atoms with Gasteiger partial charge in [0.1, 0.15) is 12.4 Å². The lowest BCUT2D eigenvalue weighted by Crippen LogP contribution is -2.32. The van der Waals surface area contributed by atoms with Crippen LogP contribution in [0.4, 0.5) is 4.39 Å². The van der Waals surface area contributed by atoms with Gasteiger partial charge < -0.3 is 10.1 Å². The predicted octanol–water partition coefficient (Wildman–Crippen LogP) is 4.49. The summed E-state index contributed by atoms with van der Waals surface area (Å²) in [6, 6.07) is 16.7. The number of halogens is 1. The van der Waals surface area contributed by atoms with Gasteiger partial charge >= 0.3 is 0 Å². The third kappa shape index (κ3) is 6.69. The van der Waals surface area contributed by atoms with Gasteiger partial charge in [0, 0.05) is 17.8 Å². The van der Waals surface area contributed by atoms with Gasteiger partial charge in [-0.25, -0.2) is 9.37 Å². The van der Waals surface area contributed by atoms with Crippen LogP contribution in [0.25, 0.3) is 0 Å². The van der Waals surface area contributed by atoms with Crippen LogP contribution in [0.5, 0.6) is 0 Å². The van der Waals surface area contributed by atoms with Gasteiger partial charge in [-0.1, -0.05) is 42.5 Å². The standard InChI is InChI=1S/C25H28FN3O2S/c26-22-8-6-20(7-9-22)16-31-17-24(30)27-14-23-18-32-25(28-23)21-10-12-29(13-11-21)15-19-4-2-1-3-5-19/h1-9,18,21H,10-17H2,(H,27,30). The van der Waals surface area contributed by atoms with Crippen molar-refractivity contribution in [1.29, 1.82) is 0 Å². The molecule has 4 rings (SSSR count). The molecule has 0 radical (unpaired) electrons. The SMILES string of the molecule is O=C(COCc1ccc(F)cc1)NCc1csc(C2CCN(Cc3ccccc3)CC2)n1. The molecule has 0 saturated carbocycles. The molecule has 0 bridgehead atoms. The van der Waals surface area contributed by atoms with Gasteiger partial charge in [0.15, 0.2) is 0 Å². The maximum Gasteiger partial charge on any atom is 0.246 e. The predicted molar refractivity (Wildman–Crippen MR) is 124 cm³/mol. The Labute approximate surface area is 192 Å². The Morgan fingerprint density at radius 3 is 2.59 bits per heavy atom. The number of piperidine rings is 1. The number of aromatic nitrogens is 1. The van der Waals surface area contributed by atoms with E-state index >= 15 is 0 Å². The van der Waals surface area contributed by atoms with Gasteiger partial charge in [-0.15, -0.1) is 11.3 Å². The monoisotopic (exact) mass is 453 g/mol. The smallest absolute Gasteiger partial charge is 0.246 e. The van der Waals surface area contributed by atoms with E-state index in [0.717, 1.165) is 43.7 Å². The van der Waals surface area contributed by atoms with Crippen molar-refractivity contribution in [3.63, 3.8) is 0 Å². The first-order valence-electron chi connectivity index (χ1n) is 10.9. The summed E-state index contributed by atoms with van der Waals surface area (Å²) in [6.07, 6.45) is 2.23. The molecule has 1 N–H and O–H groups in total. The number of ether oxygens (including phenoxy) is 1. The lowest BCUT2D eigenvalue weighted by molar-refractivity contribution is -0.126. The molecule has 7 heteroatoms. The van der Waals surface area contributed by atoms with Crippen molar-refractivity contribution in [1.82, 2.24) is 15.2 Å². The highest BCUT2D eigenvalue weighted by Gasteiger charge is 2.23. The van der Waals surface area contributed by atoms with Crippen LogP contribution >= 0.6 is 11.3 Å². The molecule has 1 aliphatic rings. The highest BCUT2D eigenvalue weighted by Crippen LogP contribution is 2.30. The molecule has 1 amide bonds. The number of carbonyl (C=O) groups is 1. The first kappa shape index (κ1) is 22.6. The molecule has 3 aromatic rings. The molecule has 1 aliphatic heterocycles. The highest BCUT2D eigenvalue weighted by molar-refractivity contribution is 7.09. The molecule has 0 aliphatic carbocycles. The minimum absolute atomic E-state index is 0.0335. The van der Waals surface area contributed by atoms with E-state index in [-0.39, 0.29) is 24.9 Å². The summed E-state index contributed by atoms with van der Waals surface area (Å²) in [4.78, 5) is 19.3. The Morgan fingerprint density at radius 2 is 1.84 bits per heavy atom. The molecular formula is C25H28FN3O2S. The van der Waals surface area contributed by atoms with Gasteiger partial charge in [0.05, 0.1) is 23.9 Å². The molecule has 5 nitrogen and oxygen atoms in total. The summed E-state index contributed by atoms with van der Waals surface area (Å²) >= 11 is 1.69. The number of likely N-dealkylation sites (tertiary alicyclic amines) is 1. The fraction of sp³-hybridized carbons (Fsp3) is 0.360. The molecule has 2 heterocycles. The molecule has 168 valence electrons. The number of thiazole rings is 1. The number of hydrogen-bond acceptors (Lipinski definition) is 5. The van der Waals surface area contributed by atoms with E-state index < -0.39 is 0 Å². The number of rotatable bonds is 9. The normalized spacial score (nSPS) is 15.0. The Kier molecular flexibility index (Phi) is 7.98. The van der Waals surface area contributed by atoms with Crippen LogP contribution in [0.15, 0.2) is 60.0 Å². The van der Waals surface area contributed by atoms with Crippen LogP contribution in [0.2, 0.25) is 0 Å². The van der Waals surface area contributed by atoms with Crippen molar-refractivity contribution in [2.24, 2.45) is 0 Å². The molecule has 0 spiro atoms. The number of benzene rings is 2. The van der Waals surface area contributed by atoms with E-state index in [9.17, 15) is 9.18 Å². The molecule has 1 aromatic heterocycles. The Morgan fingerprint density at radius 1 is 1.09 bits per heavy atom. The average molecular weight is 454 g/mol. The largest absolute Gasteiger partial charge is 0.367 e. The summed E-state index contributed by atoms with van der Waals surface area (Å²) in [6.45, 7) is 3.81. The molecule has 0 atom stereocenters. The number of hydrogen-bond donors (Lipinski definition) is 1. The Bertz CT molecular complexity index is 986. The topological polar surface area (TPSA) is 54.5 Å². The van der Waals surface area contributed by atoms with Crippen LogP contribution in [-0.4, -0.2) is 35.5 Å². The Hall–Kier alpha value is -2.61. The first-order chi connectivity index (χ1) is 15.7. The van der Waals surface area contributed by atoms with Crippen molar-refractivity contribution in [3.05, 3.63) is 87.6 Å². The molecule has 32 heavy (non-hydrogen) atoms. The van der Waals surface area contributed by atoms with Gasteiger partial charge in [-0.3, -0.25) is 9.69 Å². The number of nitrogens with zero attached hydrogens (tertiary/aromatic N) is 2. The molecule has 2 aromatic carbocycles. The zero-order chi connectivity index (χ0) is 22.2. The fourth-order valence-electron chi connectivity index (χ4n) is 3.85. The number of carbonyl (C=O) groups excluding carboxylic acids is 1. The van der Waals surface area contributed by atoms with Gasteiger partial charge in [0.2, 0.25) is 5.91 Å². The summed E-state index contributed by atoms with van der Waals surface area (Å²) in [7, 11) is 0. The quantitative estimate of drug-likeness (QED) is 0.519. The third-order valence-electron chi connectivity index (χ3n) is 5.64. The van der Waals surface area contributed by atoms with Crippen molar-refractivity contribution in [2.45, 2.75) is 38.5 Å². The van der Waals surface area contributed by atoms with E-state index in [1.807, 2.05) is 5.38 Å². The minimum Gasteiger partial charge on any atom is -0.367 e. The minimum atomic E-state index is -0.285. The number of amides is 1.